The summed E-state index contributed by atoms with van der Waals surface area (Å²) in [7, 11) is 0. The lowest BCUT2D eigenvalue weighted by atomic mass is 10.0. The predicted molar refractivity (Wildman–Crippen MR) is 92.5 cm³/mol. The van der Waals surface area contributed by atoms with Crippen LogP contribution in [0.3, 0.4) is 0 Å². The Morgan fingerprint density at radius 3 is 2.58 bits per heavy atom. The van der Waals surface area contributed by atoms with E-state index < -0.39 is 0 Å². The molecule has 0 spiro atoms. The second-order valence-electron chi connectivity index (χ2n) is 5.85. The van der Waals surface area contributed by atoms with Crippen LogP contribution in [0.4, 0.5) is 4.79 Å². The molecule has 1 aliphatic heterocycles. The zero-order valence-electron chi connectivity index (χ0n) is 13.7. The van der Waals surface area contributed by atoms with Crippen molar-refractivity contribution in [3.05, 3.63) is 59.7 Å². The van der Waals surface area contributed by atoms with Crippen LogP contribution in [0, 0.1) is 0 Å². The summed E-state index contributed by atoms with van der Waals surface area (Å²) in [5.41, 5.74) is 2.19. The van der Waals surface area contributed by atoms with E-state index in [9.17, 15) is 4.79 Å². The molecular weight excluding hydrogens is 304 g/mol. The maximum absolute atomic E-state index is 12.0. The minimum absolute atomic E-state index is 0.173. The number of carbonyl (C=O) groups is 1. The van der Waals surface area contributed by atoms with Crippen molar-refractivity contribution >= 4 is 6.03 Å². The van der Waals surface area contributed by atoms with Crippen molar-refractivity contribution in [2.75, 3.05) is 19.8 Å². The van der Waals surface area contributed by atoms with E-state index in [1.807, 2.05) is 36.4 Å². The van der Waals surface area contributed by atoms with Crippen LogP contribution in [0.1, 0.15) is 24.0 Å². The molecule has 2 aromatic carbocycles. The Labute approximate surface area is 142 Å². The quantitative estimate of drug-likeness (QED) is 0.888. The summed E-state index contributed by atoms with van der Waals surface area (Å²) < 4.78 is 11.0. The van der Waals surface area contributed by atoms with Gasteiger partial charge in [0.25, 0.3) is 0 Å². The fraction of sp³-hybridized carbons (Fsp3) is 0.316. The van der Waals surface area contributed by atoms with Crippen LogP contribution in [0.15, 0.2) is 48.5 Å². The molecule has 24 heavy (non-hydrogen) atoms. The average Bonchev–Trinajstić information content (AvgIpc) is 2.65. The molecule has 126 valence electrons. The van der Waals surface area contributed by atoms with Crippen LogP contribution in [-0.2, 0) is 6.54 Å². The van der Waals surface area contributed by atoms with E-state index >= 15 is 0 Å². The molecule has 0 aromatic heterocycles. The molecule has 1 aliphatic rings. The van der Waals surface area contributed by atoms with Gasteiger partial charge in [-0.05, 0) is 29.2 Å². The second-order valence-corrected chi connectivity index (χ2v) is 5.85. The van der Waals surface area contributed by atoms with E-state index in [1.54, 1.807) is 0 Å². The van der Waals surface area contributed by atoms with Crippen LogP contribution in [0.2, 0.25) is 0 Å². The minimum atomic E-state index is -0.173. The van der Waals surface area contributed by atoms with Gasteiger partial charge in [0.05, 0.1) is 0 Å². The molecular formula is C19H22N2O3. The molecule has 5 heteroatoms. The highest BCUT2D eigenvalue weighted by atomic mass is 16.6. The summed E-state index contributed by atoms with van der Waals surface area (Å²) in [4.78, 5) is 12.0. The van der Waals surface area contributed by atoms with Crippen molar-refractivity contribution in [2.24, 2.45) is 0 Å². The van der Waals surface area contributed by atoms with Crippen LogP contribution in [-0.4, -0.2) is 25.8 Å². The Bertz CT molecular complexity index is 688. The summed E-state index contributed by atoms with van der Waals surface area (Å²) in [5, 5.41) is 5.77. The summed E-state index contributed by atoms with van der Waals surface area (Å²) >= 11 is 0. The monoisotopic (exact) mass is 326 g/mol. The lowest BCUT2D eigenvalue weighted by molar-refractivity contribution is 0.171. The van der Waals surface area contributed by atoms with Crippen molar-refractivity contribution in [2.45, 2.75) is 19.4 Å². The highest BCUT2D eigenvalue weighted by Gasteiger charge is 2.12. The number of carbonyl (C=O) groups excluding carboxylic acids is 1. The summed E-state index contributed by atoms with van der Waals surface area (Å²) in [6.45, 7) is 4.27. The number of amides is 2. The molecule has 3 rings (SSSR count). The van der Waals surface area contributed by atoms with Crippen LogP contribution < -0.4 is 20.1 Å². The Morgan fingerprint density at radius 2 is 1.79 bits per heavy atom. The van der Waals surface area contributed by atoms with Gasteiger partial charge in [-0.15, -0.1) is 0 Å². The van der Waals surface area contributed by atoms with Gasteiger partial charge < -0.3 is 20.1 Å². The Morgan fingerprint density at radius 1 is 1.04 bits per heavy atom. The summed E-state index contributed by atoms with van der Waals surface area (Å²) in [6.07, 6.45) is 0. The van der Waals surface area contributed by atoms with Gasteiger partial charge in [0.1, 0.15) is 13.2 Å². The van der Waals surface area contributed by atoms with Crippen LogP contribution in [0.25, 0.3) is 0 Å². The van der Waals surface area contributed by atoms with Crippen molar-refractivity contribution in [1.82, 2.24) is 10.6 Å². The molecule has 1 unspecified atom stereocenters. The molecule has 1 heterocycles. The highest BCUT2D eigenvalue weighted by Crippen LogP contribution is 2.30. The van der Waals surface area contributed by atoms with Crippen molar-refractivity contribution in [1.29, 1.82) is 0 Å². The lowest BCUT2D eigenvalue weighted by Crippen LogP contribution is -2.37. The number of urea groups is 1. The van der Waals surface area contributed by atoms with Gasteiger partial charge in [-0.25, -0.2) is 4.79 Å². The maximum atomic E-state index is 12.0. The first kappa shape index (κ1) is 16.2. The SMILES string of the molecule is CC(CNC(=O)NCc1ccc2c(c1)OCCO2)c1ccccc1. The Balaban J connectivity index is 1.46. The third-order valence-corrected chi connectivity index (χ3v) is 4.00. The van der Waals surface area contributed by atoms with E-state index in [0.29, 0.717) is 26.3 Å². The third-order valence-electron chi connectivity index (χ3n) is 4.00. The summed E-state index contributed by atoms with van der Waals surface area (Å²) in [6, 6.07) is 15.7. The highest BCUT2D eigenvalue weighted by molar-refractivity contribution is 5.73. The Kier molecular flexibility index (Phi) is 5.21. The van der Waals surface area contributed by atoms with Gasteiger partial charge in [-0.1, -0.05) is 43.3 Å². The largest absolute Gasteiger partial charge is 0.486 e. The normalized spacial score (nSPS) is 13.9. The number of hydrogen-bond acceptors (Lipinski definition) is 3. The zero-order valence-corrected chi connectivity index (χ0v) is 13.7. The van der Waals surface area contributed by atoms with E-state index in [0.717, 1.165) is 17.1 Å². The molecule has 2 aromatic rings. The van der Waals surface area contributed by atoms with E-state index in [1.165, 1.54) is 5.56 Å². The van der Waals surface area contributed by atoms with Crippen LogP contribution >= 0.6 is 0 Å². The first-order chi connectivity index (χ1) is 11.7. The van der Waals surface area contributed by atoms with E-state index in [4.69, 9.17) is 9.47 Å². The first-order valence-electron chi connectivity index (χ1n) is 8.17. The molecule has 0 fully saturated rings. The number of hydrogen-bond donors (Lipinski definition) is 2. The first-order valence-corrected chi connectivity index (χ1v) is 8.17. The maximum Gasteiger partial charge on any atom is 0.315 e. The van der Waals surface area contributed by atoms with Crippen molar-refractivity contribution in [3.63, 3.8) is 0 Å². The smallest absolute Gasteiger partial charge is 0.315 e. The van der Waals surface area contributed by atoms with Gasteiger partial charge in [-0.3, -0.25) is 0 Å². The van der Waals surface area contributed by atoms with Gasteiger partial charge >= 0.3 is 6.03 Å². The van der Waals surface area contributed by atoms with Crippen molar-refractivity contribution in [3.8, 4) is 11.5 Å². The molecule has 0 bridgehead atoms. The molecule has 1 atom stereocenters. The molecule has 2 amide bonds. The fourth-order valence-corrected chi connectivity index (χ4v) is 2.59. The van der Waals surface area contributed by atoms with E-state index in [-0.39, 0.29) is 11.9 Å². The molecule has 0 saturated heterocycles. The molecule has 0 aliphatic carbocycles. The Hall–Kier alpha value is -2.69. The number of ether oxygens (including phenoxy) is 2. The number of rotatable bonds is 5. The average molecular weight is 326 g/mol. The fourth-order valence-electron chi connectivity index (χ4n) is 2.59. The van der Waals surface area contributed by atoms with Gasteiger partial charge in [-0.2, -0.15) is 0 Å². The van der Waals surface area contributed by atoms with Gasteiger partial charge in [0.2, 0.25) is 0 Å². The number of nitrogens with one attached hydrogen (secondary N) is 2. The molecule has 0 saturated carbocycles. The van der Waals surface area contributed by atoms with Crippen molar-refractivity contribution < 1.29 is 14.3 Å². The van der Waals surface area contributed by atoms with Gasteiger partial charge in [0, 0.05) is 13.1 Å². The van der Waals surface area contributed by atoms with E-state index in [2.05, 4.69) is 29.7 Å². The summed E-state index contributed by atoms with van der Waals surface area (Å²) in [5.74, 6) is 1.76. The number of benzene rings is 2. The van der Waals surface area contributed by atoms with Crippen LogP contribution in [0.5, 0.6) is 11.5 Å². The molecule has 2 N–H and O–H groups in total. The standard InChI is InChI=1S/C19H22N2O3/c1-14(16-5-3-2-4-6-16)12-20-19(22)21-13-15-7-8-17-18(11-15)24-10-9-23-17/h2-8,11,14H,9-10,12-13H2,1H3,(H2,20,21,22). The topological polar surface area (TPSA) is 59.6 Å². The molecule has 5 nitrogen and oxygen atoms in total. The second kappa shape index (κ2) is 7.73. The predicted octanol–water partition coefficient (Wildman–Crippen LogP) is 3.06. The molecule has 0 radical (unpaired) electrons. The minimum Gasteiger partial charge on any atom is -0.486 e. The van der Waals surface area contributed by atoms with Gasteiger partial charge in [0.15, 0.2) is 11.5 Å². The lowest BCUT2D eigenvalue weighted by Gasteiger charge is -2.19. The third kappa shape index (κ3) is 4.19. The zero-order chi connectivity index (χ0) is 16.8. The number of fused-ring (bicyclic) bond motifs is 1.